The van der Waals surface area contributed by atoms with Crippen molar-refractivity contribution in [3.63, 3.8) is 0 Å². The van der Waals surface area contributed by atoms with Gasteiger partial charge in [-0.15, -0.1) is 10.2 Å². The van der Waals surface area contributed by atoms with Crippen molar-refractivity contribution in [1.29, 1.82) is 0 Å². The lowest BCUT2D eigenvalue weighted by Crippen LogP contribution is -2.33. The van der Waals surface area contributed by atoms with E-state index in [9.17, 15) is 0 Å². The molecule has 0 amide bonds. The molecule has 1 atom stereocenters. The molecule has 2 aromatic heterocycles. The van der Waals surface area contributed by atoms with Crippen molar-refractivity contribution in [3.05, 3.63) is 29.3 Å². The Hall–Kier alpha value is -1.99. The first-order chi connectivity index (χ1) is 11.6. The zero-order valence-corrected chi connectivity index (χ0v) is 14.8. The van der Waals surface area contributed by atoms with Crippen LogP contribution in [0.3, 0.4) is 0 Å². The van der Waals surface area contributed by atoms with E-state index < -0.39 is 0 Å². The summed E-state index contributed by atoms with van der Waals surface area (Å²) in [6.07, 6.45) is 1.99. The van der Waals surface area contributed by atoms with Crippen molar-refractivity contribution in [1.82, 2.24) is 19.8 Å². The maximum atomic E-state index is 5.82. The highest BCUT2D eigenvalue weighted by Crippen LogP contribution is 2.37. The number of hydrogen-bond acceptors (Lipinski definition) is 6. The van der Waals surface area contributed by atoms with Crippen LogP contribution in [0.2, 0.25) is 0 Å². The van der Waals surface area contributed by atoms with Crippen molar-refractivity contribution in [2.75, 3.05) is 13.7 Å². The maximum Gasteiger partial charge on any atom is 0.234 e. The molecule has 0 saturated carbocycles. The van der Waals surface area contributed by atoms with E-state index in [0.717, 1.165) is 46.6 Å². The van der Waals surface area contributed by atoms with E-state index in [2.05, 4.69) is 24.0 Å². The molecule has 7 heteroatoms. The fourth-order valence-corrected chi connectivity index (χ4v) is 4.13. The van der Waals surface area contributed by atoms with Crippen LogP contribution in [0, 0.1) is 0 Å². The van der Waals surface area contributed by atoms with E-state index in [0.29, 0.717) is 5.92 Å². The Morgan fingerprint density at radius 1 is 1.25 bits per heavy atom. The van der Waals surface area contributed by atoms with Crippen LogP contribution in [-0.4, -0.2) is 39.1 Å². The van der Waals surface area contributed by atoms with Crippen LogP contribution in [0.5, 0.6) is 5.75 Å². The molecule has 1 fully saturated rings. The summed E-state index contributed by atoms with van der Waals surface area (Å²) in [5.41, 5.74) is 0.890. The van der Waals surface area contributed by atoms with Crippen LogP contribution in [-0.2, 0) is 4.74 Å². The summed E-state index contributed by atoms with van der Waals surface area (Å²) in [7, 11) is 1.66. The average molecular weight is 344 g/mol. The molecule has 3 aromatic rings. The summed E-state index contributed by atoms with van der Waals surface area (Å²) in [4.78, 5) is 0.833. The van der Waals surface area contributed by atoms with E-state index >= 15 is 0 Å². The van der Waals surface area contributed by atoms with Gasteiger partial charge in [0, 0.05) is 18.1 Å². The lowest BCUT2D eigenvalue weighted by Gasteiger charge is -2.34. The molecule has 1 aliphatic heterocycles. The number of rotatable bonds is 3. The molecular formula is C17H20N4O2S. The van der Waals surface area contributed by atoms with Gasteiger partial charge in [0.2, 0.25) is 4.96 Å². The van der Waals surface area contributed by atoms with Crippen LogP contribution in [0.4, 0.5) is 0 Å². The Morgan fingerprint density at radius 2 is 2.04 bits per heavy atom. The van der Waals surface area contributed by atoms with E-state index in [1.807, 2.05) is 28.8 Å². The molecule has 0 radical (unpaired) electrons. The SMILES string of the molecule is COc1ccc(-c2nnc3sc([C@@H]4CCOC(C)(C)C4)nn23)cc1. The molecule has 0 aliphatic carbocycles. The fourth-order valence-electron chi connectivity index (χ4n) is 3.16. The van der Waals surface area contributed by atoms with Gasteiger partial charge < -0.3 is 9.47 Å². The summed E-state index contributed by atoms with van der Waals surface area (Å²) in [6, 6.07) is 7.80. The minimum atomic E-state index is -0.0895. The second-order valence-corrected chi connectivity index (χ2v) is 7.67. The van der Waals surface area contributed by atoms with Crippen LogP contribution in [0.25, 0.3) is 16.3 Å². The normalized spacial score (nSPS) is 20.4. The Labute approximate surface area is 144 Å². The predicted octanol–water partition coefficient (Wildman–Crippen LogP) is 3.53. The minimum Gasteiger partial charge on any atom is -0.497 e. The van der Waals surface area contributed by atoms with E-state index in [-0.39, 0.29) is 5.60 Å². The molecule has 3 heterocycles. The molecular weight excluding hydrogens is 324 g/mol. The van der Waals surface area contributed by atoms with Gasteiger partial charge in [-0.3, -0.25) is 0 Å². The van der Waals surface area contributed by atoms with Gasteiger partial charge in [0.1, 0.15) is 10.8 Å². The molecule has 0 N–H and O–H groups in total. The van der Waals surface area contributed by atoms with Crippen molar-refractivity contribution < 1.29 is 9.47 Å². The third-order valence-corrected chi connectivity index (χ3v) is 5.46. The van der Waals surface area contributed by atoms with Crippen LogP contribution in [0.15, 0.2) is 24.3 Å². The minimum absolute atomic E-state index is 0.0895. The second-order valence-electron chi connectivity index (χ2n) is 6.68. The molecule has 1 aliphatic rings. The maximum absolute atomic E-state index is 5.82. The quantitative estimate of drug-likeness (QED) is 0.727. The van der Waals surface area contributed by atoms with Crippen LogP contribution >= 0.6 is 11.3 Å². The highest BCUT2D eigenvalue weighted by atomic mass is 32.1. The Morgan fingerprint density at radius 3 is 2.75 bits per heavy atom. The zero-order valence-electron chi connectivity index (χ0n) is 14.0. The van der Waals surface area contributed by atoms with Gasteiger partial charge in [-0.25, -0.2) is 0 Å². The van der Waals surface area contributed by atoms with Gasteiger partial charge in [0.05, 0.1) is 12.7 Å². The third-order valence-electron chi connectivity index (χ3n) is 4.40. The molecule has 4 rings (SSSR count). The standard InChI is InChI=1S/C17H20N4O2S/c1-17(2)10-12(8-9-23-17)15-20-21-14(18-19-16(21)24-15)11-4-6-13(22-3)7-5-11/h4-7,12H,8-10H2,1-3H3/t12-/m1/s1. The van der Waals surface area contributed by atoms with Gasteiger partial charge in [-0.05, 0) is 51.0 Å². The molecule has 0 spiro atoms. The number of nitrogens with zero attached hydrogens (tertiary/aromatic N) is 4. The Bertz CT molecular complexity index is 853. The molecule has 0 bridgehead atoms. The smallest absolute Gasteiger partial charge is 0.234 e. The van der Waals surface area contributed by atoms with E-state index in [1.54, 1.807) is 18.4 Å². The highest BCUT2D eigenvalue weighted by Gasteiger charge is 2.32. The summed E-state index contributed by atoms with van der Waals surface area (Å²) < 4.78 is 12.9. The molecule has 126 valence electrons. The van der Waals surface area contributed by atoms with E-state index in [1.165, 1.54) is 0 Å². The van der Waals surface area contributed by atoms with Gasteiger partial charge in [0.25, 0.3) is 0 Å². The average Bonchev–Trinajstić information content (AvgIpc) is 3.14. The molecule has 1 aromatic carbocycles. The zero-order chi connectivity index (χ0) is 16.7. The van der Waals surface area contributed by atoms with Crippen LogP contribution in [0.1, 0.15) is 37.6 Å². The summed E-state index contributed by atoms with van der Waals surface area (Å²) in [6.45, 7) is 5.06. The van der Waals surface area contributed by atoms with Gasteiger partial charge in [0.15, 0.2) is 5.82 Å². The first kappa shape index (κ1) is 15.5. The number of hydrogen-bond donors (Lipinski definition) is 0. The molecule has 24 heavy (non-hydrogen) atoms. The van der Waals surface area contributed by atoms with Crippen LogP contribution < -0.4 is 4.74 Å². The fraction of sp³-hybridized carbons (Fsp3) is 0.471. The van der Waals surface area contributed by atoms with Gasteiger partial charge >= 0.3 is 0 Å². The molecule has 1 saturated heterocycles. The summed E-state index contributed by atoms with van der Waals surface area (Å²) >= 11 is 1.63. The van der Waals surface area contributed by atoms with Crippen molar-refractivity contribution in [2.24, 2.45) is 0 Å². The van der Waals surface area contributed by atoms with Crippen molar-refractivity contribution >= 4 is 16.3 Å². The largest absolute Gasteiger partial charge is 0.497 e. The summed E-state index contributed by atoms with van der Waals surface area (Å²) in [5, 5.41) is 14.5. The van der Waals surface area contributed by atoms with Gasteiger partial charge in [-0.2, -0.15) is 9.61 Å². The monoisotopic (exact) mass is 344 g/mol. The predicted molar refractivity (Wildman–Crippen MR) is 92.7 cm³/mol. The van der Waals surface area contributed by atoms with Crippen molar-refractivity contribution in [2.45, 2.75) is 38.2 Å². The Kier molecular flexibility index (Phi) is 3.77. The lowest BCUT2D eigenvalue weighted by atomic mass is 9.89. The lowest BCUT2D eigenvalue weighted by molar-refractivity contribution is -0.0593. The van der Waals surface area contributed by atoms with Gasteiger partial charge in [-0.1, -0.05) is 11.3 Å². The molecule has 6 nitrogen and oxygen atoms in total. The highest BCUT2D eigenvalue weighted by molar-refractivity contribution is 7.16. The van der Waals surface area contributed by atoms with E-state index in [4.69, 9.17) is 14.6 Å². The number of aromatic nitrogens is 4. The topological polar surface area (TPSA) is 61.5 Å². The number of fused-ring (bicyclic) bond motifs is 1. The second kappa shape index (κ2) is 5.82. The molecule has 0 unspecified atom stereocenters. The Balaban J connectivity index is 1.68. The first-order valence-electron chi connectivity index (χ1n) is 8.06. The summed E-state index contributed by atoms with van der Waals surface area (Å²) in [5.74, 6) is 2.01. The third kappa shape index (κ3) is 2.78. The van der Waals surface area contributed by atoms with Crippen molar-refractivity contribution in [3.8, 4) is 17.1 Å². The number of ether oxygens (including phenoxy) is 2. The first-order valence-corrected chi connectivity index (χ1v) is 8.88. The number of methoxy groups -OCH3 is 1. The number of benzene rings is 1.